The van der Waals surface area contributed by atoms with Gasteiger partial charge in [0.2, 0.25) is 5.91 Å². The highest BCUT2D eigenvalue weighted by Crippen LogP contribution is 2.23. The number of amides is 1. The van der Waals surface area contributed by atoms with Gasteiger partial charge < -0.3 is 19.9 Å². The second-order valence-corrected chi connectivity index (χ2v) is 8.88. The van der Waals surface area contributed by atoms with E-state index in [-0.39, 0.29) is 25.9 Å². The number of carbonyl (C=O) groups excluding carboxylic acids is 2. The average Bonchev–Trinajstić information content (AvgIpc) is 2.84. The molecule has 0 aromatic heterocycles. The molecule has 8 nitrogen and oxygen atoms in total. The topological polar surface area (TPSA) is 105 Å². The Bertz CT molecular complexity index is 992. The minimum Gasteiger partial charge on any atom is -0.481 e. The van der Waals surface area contributed by atoms with Crippen molar-refractivity contribution in [2.45, 2.75) is 31.7 Å². The second kappa shape index (κ2) is 13.8. The summed E-state index contributed by atoms with van der Waals surface area (Å²) in [5.41, 5.74) is 2.92. The number of aliphatic carboxylic acids is 1. The van der Waals surface area contributed by atoms with Gasteiger partial charge >= 0.3 is 11.9 Å². The molecule has 0 spiro atoms. The third-order valence-electron chi connectivity index (χ3n) is 5.71. The summed E-state index contributed by atoms with van der Waals surface area (Å²) in [4.78, 5) is 37.7. The van der Waals surface area contributed by atoms with Crippen LogP contribution in [0.25, 0.3) is 11.1 Å². The Hall–Kier alpha value is -2.94. The van der Waals surface area contributed by atoms with Gasteiger partial charge in [-0.3, -0.25) is 19.3 Å². The summed E-state index contributed by atoms with van der Waals surface area (Å²) in [6, 6.07) is 14.9. The predicted octanol–water partition coefficient (Wildman–Crippen LogP) is 3.16. The highest BCUT2D eigenvalue weighted by molar-refractivity contribution is 6.30. The van der Waals surface area contributed by atoms with Gasteiger partial charge in [-0.15, -0.1) is 0 Å². The van der Waals surface area contributed by atoms with Crippen molar-refractivity contribution in [1.82, 2.24) is 10.2 Å². The molecule has 1 aliphatic heterocycles. The van der Waals surface area contributed by atoms with Crippen molar-refractivity contribution < 1.29 is 29.0 Å². The number of esters is 1. The SMILES string of the molecule is O=C(O)CCC(=O)NC(CC(=O)OCCN1CCOCC1)Cc1ccc(-c2cccc(Cl)c2)cc1. The number of hydrogen-bond donors (Lipinski definition) is 2. The van der Waals surface area contributed by atoms with Crippen molar-refractivity contribution in [3.8, 4) is 11.1 Å². The van der Waals surface area contributed by atoms with Gasteiger partial charge in [0.15, 0.2) is 0 Å². The molecule has 0 bridgehead atoms. The molecule has 0 aliphatic carbocycles. The van der Waals surface area contributed by atoms with Gasteiger partial charge in [0.05, 0.1) is 26.1 Å². The van der Waals surface area contributed by atoms with Crippen molar-refractivity contribution in [3.05, 3.63) is 59.1 Å². The lowest BCUT2D eigenvalue weighted by atomic mass is 9.99. The number of rotatable bonds is 12. The molecule has 2 aromatic carbocycles. The van der Waals surface area contributed by atoms with Gasteiger partial charge in [0.25, 0.3) is 0 Å². The van der Waals surface area contributed by atoms with E-state index in [0.29, 0.717) is 31.2 Å². The van der Waals surface area contributed by atoms with Gasteiger partial charge in [-0.25, -0.2) is 0 Å². The molecule has 35 heavy (non-hydrogen) atoms. The Morgan fingerprint density at radius 2 is 1.80 bits per heavy atom. The molecule has 2 aromatic rings. The summed E-state index contributed by atoms with van der Waals surface area (Å²) < 4.78 is 10.7. The van der Waals surface area contributed by atoms with Gasteiger partial charge in [-0.05, 0) is 35.2 Å². The van der Waals surface area contributed by atoms with Crippen LogP contribution in [0.5, 0.6) is 0 Å². The molecule has 1 saturated heterocycles. The van der Waals surface area contributed by atoms with E-state index in [9.17, 15) is 14.4 Å². The summed E-state index contributed by atoms with van der Waals surface area (Å²) in [6.45, 7) is 3.88. The molecule has 2 N–H and O–H groups in total. The molecule has 1 fully saturated rings. The number of benzene rings is 2. The maximum Gasteiger partial charge on any atom is 0.307 e. The normalized spacial score (nSPS) is 14.8. The highest BCUT2D eigenvalue weighted by Gasteiger charge is 2.19. The highest BCUT2D eigenvalue weighted by atomic mass is 35.5. The van der Waals surface area contributed by atoms with E-state index >= 15 is 0 Å². The number of nitrogens with zero attached hydrogens (tertiary/aromatic N) is 1. The lowest BCUT2D eigenvalue weighted by molar-refractivity contribution is -0.145. The minimum absolute atomic E-state index is 0.00202. The zero-order valence-electron chi connectivity index (χ0n) is 19.6. The van der Waals surface area contributed by atoms with Crippen LogP contribution in [-0.2, 0) is 30.3 Å². The molecule has 1 unspecified atom stereocenters. The lowest BCUT2D eigenvalue weighted by Crippen LogP contribution is -2.40. The van der Waals surface area contributed by atoms with Crippen LogP contribution in [0.4, 0.5) is 0 Å². The molecule has 0 radical (unpaired) electrons. The van der Waals surface area contributed by atoms with E-state index in [1.807, 2.05) is 48.5 Å². The first kappa shape index (κ1) is 26.7. The number of hydrogen-bond acceptors (Lipinski definition) is 6. The molecule has 1 amide bonds. The number of halogens is 1. The van der Waals surface area contributed by atoms with E-state index in [0.717, 1.165) is 29.8 Å². The Balaban J connectivity index is 1.58. The number of ether oxygens (including phenoxy) is 2. The van der Waals surface area contributed by atoms with Crippen LogP contribution < -0.4 is 5.32 Å². The molecule has 1 atom stereocenters. The minimum atomic E-state index is -1.05. The first-order valence-electron chi connectivity index (χ1n) is 11.7. The Morgan fingerprint density at radius 3 is 2.49 bits per heavy atom. The Labute approximate surface area is 210 Å². The van der Waals surface area contributed by atoms with Crippen molar-refractivity contribution in [1.29, 1.82) is 0 Å². The lowest BCUT2D eigenvalue weighted by Gasteiger charge is -2.26. The van der Waals surface area contributed by atoms with Gasteiger partial charge in [-0.1, -0.05) is 48.0 Å². The average molecular weight is 503 g/mol. The Kier molecular flexibility index (Phi) is 10.5. The molecular weight excluding hydrogens is 472 g/mol. The van der Waals surface area contributed by atoms with E-state index in [1.165, 1.54) is 0 Å². The van der Waals surface area contributed by atoms with E-state index < -0.39 is 23.9 Å². The maximum atomic E-state index is 12.5. The largest absolute Gasteiger partial charge is 0.481 e. The monoisotopic (exact) mass is 502 g/mol. The van der Waals surface area contributed by atoms with Crippen molar-refractivity contribution >= 4 is 29.4 Å². The number of carboxylic acid groups (broad SMARTS) is 1. The molecule has 1 aliphatic rings. The molecule has 0 saturated carbocycles. The molecule has 188 valence electrons. The summed E-state index contributed by atoms with van der Waals surface area (Å²) in [5.74, 6) is -1.86. The molecular formula is C26H31ClN2O6. The van der Waals surface area contributed by atoms with E-state index in [1.54, 1.807) is 0 Å². The second-order valence-electron chi connectivity index (χ2n) is 8.45. The molecule has 3 rings (SSSR count). The van der Waals surface area contributed by atoms with Crippen LogP contribution in [0.1, 0.15) is 24.8 Å². The van der Waals surface area contributed by atoms with Gasteiger partial charge in [0, 0.05) is 37.1 Å². The van der Waals surface area contributed by atoms with Crippen molar-refractivity contribution in [2.75, 3.05) is 39.5 Å². The number of nitrogens with one attached hydrogen (secondary N) is 1. The number of carboxylic acids is 1. The smallest absolute Gasteiger partial charge is 0.307 e. The third kappa shape index (κ3) is 9.68. The van der Waals surface area contributed by atoms with Crippen LogP contribution in [0, 0.1) is 0 Å². The van der Waals surface area contributed by atoms with Crippen molar-refractivity contribution in [3.63, 3.8) is 0 Å². The number of morpholine rings is 1. The van der Waals surface area contributed by atoms with Crippen molar-refractivity contribution in [2.24, 2.45) is 0 Å². The first-order valence-corrected chi connectivity index (χ1v) is 12.1. The summed E-state index contributed by atoms with van der Waals surface area (Å²) >= 11 is 6.09. The zero-order valence-corrected chi connectivity index (χ0v) is 20.3. The standard InChI is InChI=1S/C26H31ClN2O6/c27-22-3-1-2-21(17-22)20-6-4-19(5-7-20)16-23(28-24(30)8-9-25(31)32)18-26(33)35-15-12-29-10-13-34-14-11-29/h1-7,17,23H,8-16,18H2,(H,28,30)(H,31,32). The molecule has 9 heteroatoms. The molecule has 1 heterocycles. The summed E-state index contributed by atoms with van der Waals surface area (Å²) in [6.07, 6.45) is -0.00628. The van der Waals surface area contributed by atoms with Crippen LogP contribution in [0.2, 0.25) is 5.02 Å². The van der Waals surface area contributed by atoms with Crippen LogP contribution in [-0.4, -0.2) is 73.3 Å². The summed E-state index contributed by atoms with van der Waals surface area (Å²) in [7, 11) is 0. The van der Waals surface area contributed by atoms with E-state index in [2.05, 4.69) is 10.2 Å². The van der Waals surface area contributed by atoms with Gasteiger partial charge in [0.1, 0.15) is 6.61 Å². The fourth-order valence-corrected chi connectivity index (χ4v) is 4.04. The first-order chi connectivity index (χ1) is 16.9. The zero-order chi connectivity index (χ0) is 25.0. The Morgan fingerprint density at radius 1 is 1.06 bits per heavy atom. The van der Waals surface area contributed by atoms with Crippen LogP contribution in [0.3, 0.4) is 0 Å². The fourth-order valence-electron chi connectivity index (χ4n) is 3.85. The van der Waals surface area contributed by atoms with Crippen LogP contribution >= 0.6 is 11.6 Å². The number of carbonyl (C=O) groups is 3. The predicted molar refractivity (Wildman–Crippen MR) is 132 cm³/mol. The van der Waals surface area contributed by atoms with Gasteiger partial charge in [-0.2, -0.15) is 0 Å². The quantitative estimate of drug-likeness (QED) is 0.429. The summed E-state index contributed by atoms with van der Waals surface area (Å²) in [5, 5.41) is 12.3. The third-order valence-corrected chi connectivity index (χ3v) is 5.95. The van der Waals surface area contributed by atoms with E-state index in [4.69, 9.17) is 26.2 Å². The van der Waals surface area contributed by atoms with Crippen LogP contribution in [0.15, 0.2) is 48.5 Å². The fraction of sp³-hybridized carbons (Fsp3) is 0.423. The maximum absolute atomic E-state index is 12.5.